The third kappa shape index (κ3) is 6.02. The first-order valence-corrected chi connectivity index (χ1v) is 9.19. The summed E-state index contributed by atoms with van der Waals surface area (Å²) in [6.45, 7) is 7.16. The normalized spacial score (nSPS) is 12.3. The summed E-state index contributed by atoms with van der Waals surface area (Å²) in [6.07, 6.45) is 3.08. The number of hydrogen-bond donors (Lipinski definition) is 1. The Morgan fingerprint density at radius 1 is 1.29 bits per heavy atom. The van der Waals surface area contributed by atoms with E-state index in [0.29, 0.717) is 19.1 Å². The van der Waals surface area contributed by atoms with E-state index in [4.69, 9.17) is 4.74 Å². The van der Waals surface area contributed by atoms with Crippen molar-refractivity contribution < 1.29 is 9.53 Å². The SMILES string of the molecule is CC(C)COC(C)C(=O)NCCCc1nc(-c2ccccn2)cs1. The van der Waals surface area contributed by atoms with Crippen molar-refractivity contribution in [2.45, 2.75) is 39.7 Å². The van der Waals surface area contributed by atoms with Gasteiger partial charge in [-0.25, -0.2) is 4.98 Å². The fourth-order valence-corrected chi connectivity index (χ4v) is 2.90. The summed E-state index contributed by atoms with van der Waals surface area (Å²) in [5.41, 5.74) is 1.81. The van der Waals surface area contributed by atoms with Gasteiger partial charge < -0.3 is 10.1 Å². The van der Waals surface area contributed by atoms with Crippen molar-refractivity contribution in [3.63, 3.8) is 0 Å². The Balaban J connectivity index is 1.69. The van der Waals surface area contributed by atoms with Crippen LogP contribution in [0.25, 0.3) is 11.4 Å². The van der Waals surface area contributed by atoms with Gasteiger partial charge in [-0.1, -0.05) is 19.9 Å². The Kier molecular flexibility index (Phi) is 7.34. The zero-order chi connectivity index (χ0) is 17.4. The number of aromatic nitrogens is 2. The van der Waals surface area contributed by atoms with Crippen molar-refractivity contribution in [2.24, 2.45) is 5.92 Å². The minimum absolute atomic E-state index is 0.0519. The summed E-state index contributed by atoms with van der Waals surface area (Å²) in [5.74, 6) is 0.377. The van der Waals surface area contributed by atoms with Crippen molar-refractivity contribution in [3.8, 4) is 11.4 Å². The summed E-state index contributed by atoms with van der Waals surface area (Å²) in [6, 6.07) is 5.81. The fraction of sp³-hybridized carbons (Fsp3) is 0.500. The van der Waals surface area contributed by atoms with Crippen LogP contribution < -0.4 is 5.32 Å². The lowest BCUT2D eigenvalue weighted by atomic mass is 10.2. The summed E-state index contributed by atoms with van der Waals surface area (Å²) in [7, 11) is 0. The number of nitrogens with zero attached hydrogens (tertiary/aromatic N) is 2. The van der Waals surface area contributed by atoms with Crippen LogP contribution in [0.1, 0.15) is 32.2 Å². The monoisotopic (exact) mass is 347 g/mol. The number of pyridine rings is 1. The van der Waals surface area contributed by atoms with Crippen LogP contribution in [0.5, 0.6) is 0 Å². The molecule has 0 aliphatic heterocycles. The highest BCUT2D eigenvalue weighted by Crippen LogP contribution is 2.20. The smallest absolute Gasteiger partial charge is 0.248 e. The molecule has 0 saturated carbocycles. The molecule has 0 spiro atoms. The van der Waals surface area contributed by atoms with Gasteiger partial charge >= 0.3 is 0 Å². The van der Waals surface area contributed by atoms with E-state index in [9.17, 15) is 4.79 Å². The molecule has 0 fully saturated rings. The molecule has 0 saturated heterocycles. The maximum absolute atomic E-state index is 11.9. The molecule has 24 heavy (non-hydrogen) atoms. The van der Waals surface area contributed by atoms with Crippen molar-refractivity contribution >= 4 is 17.2 Å². The van der Waals surface area contributed by atoms with Crippen LogP contribution in [-0.4, -0.2) is 35.1 Å². The molecular formula is C18H25N3O2S. The van der Waals surface area contributed by atoms with Gasteiger partial charge in [-0.3, -0.25) is 9.78 Å². The minimum Gasteiger partial charge on any atom is -0.368 e. The standard InChI is InChI=1S/C18H25N3O2S/c1-13(2)11-23-14(3)18(22)20-10-6-8-17-21-16(12-24-17)15-7-4-5-9-19-15/h4-5,7,9,12-14H,6,8,10-11H2,1-3H3,(H,20,22). The first-order valence-electron chi connectivity index (χ1n) is 8.31. The number of rotatable bonds is 9. The van der Waals surface area contributed by atoms with Crippen LogP contribution in [0.2, 0.25) is 0 Å². The van der Waals surface area contributed by atoms with Gasteiger partial charge in [0, 0.05) is 31.1 Å². The van der Waals surface area contributed by atoms with E-state index in [1.54, 1.807) is 24.5 Å². The highest BCUT2D eigenvalue weighted by Gasteiger charge is 2.13. The van der Waals surface area contributed by atoms with Crippen LogP contribution >= 0.6 is 11.3 Å². The van der Waals surface area contributed by atoms with E-state index in [1.165, 1.54) is 0 Å². The molecule has 0 aromatic carbocycles. The van der Waals surface area contributed by atoms with Crippen molar-refractivity contribution in [1.82, 2.24) is 15.3 Å². The largest absolute Gasteiger partial charge is 0.368 e. The second-order valence-corrected chi connectivity index (χ2v) is 7.05. The Labute approximate surface area is 147 Å². The van der Waals surface area contributed by atoms with E-state index in [2.05, 4.69) is 29.1 Å². The minimum atomic E-state index is -0.400. The predicted octanol–water partition coefficient (Wildman–Crippen LogP) is 3.32. The van der Waals surface area contributed by atoms with Crippen LogP contribution in [0, 0.1) is 5.92 Å². The Hall–Kier alpha value is -1.79. The van der Waals surface area contributed by atoms with Crippen LogP contribution in [0.15, 0.2) is 29.8 Å². The number of amides is 1. The molecule has 1 unspecified atom stereocenters. The molecule has 130 valence electrons. The second-order valence-electron chi connectivity index (χ2n) is 6.11. The van der Waals surface area contributed by atoms with Crippen molar-refractivity contribution in [3.05, 3.63) is 34.8 Å². The van der Waals surface area contributed by atoms with Crippen LogP contribution in [0.4, 0.5) is 0 Å². The molecular weight excluding hydrogens is 322 g/mol. The maximum Gasteiger partial charge on any atom is 0.248 e. The average Bonchev–Trinajstić information content (AvgIpc) is 3.06. The van der Waals surface area contributed by atoms with Gasteiger partial charge in [-0.05, 0) is 31.4 Å². The van der Waals surface area contributed by atoms with Gasteiger partial charge in [0.1, 0.15) is 6.10 Å². The molecule has 0 aliphatic carbocycles. The number of ether oxygens (including phenoxy) is 1. The van der Waals surface area contributed by atoms with E-state index >= 15 is 0 Å². The molecule has 2 aromatic heterocycles. The zero-order valence-electron chi connectivity index (χ0n) is 14.5. The second kappa shape index (κ2) is 9.49. The van der Waals surface area contributed by atoms with E-state index in [1.807, 2.05) is 23.6 Å². The van der Waals surface area contributed by atoms with Crippen molar-refractivity contribution in [1.29, 1.82) is 0 Å². The fourth-order valence-electron chi connectivity index (χ4n) is 2.07. The molecule has 0 radical (unpaired) electrons. The van der Waals surface area contributed by atoms with Gasteiger partial charge in [0.2, 0.25) is 5.91 Å². The van der Waals surface area contributed by atoms with E-state index < -0.39 is 6.10 Å². The Bertz CT molecular complexity index is 628. The van der Waals surface area contributed by atoms with Gasteiger partial charge in [0.15, 0.2) is 0 Å². The summed E-state index contributed by atoms with van der Waals surface area (Å²) < 4.78 is 5.50. The lowest BCUT2D eigenvalue weighted by Crippen LogP contribution is -2.35. The third-order valence-corrected chi connectivity index (χ3v) is 4.30. The van der Waals surface area contributed by atoms with Crippen LogP contribution in [-0.2, 0) is 16.0 Å². The van der Waals surface area contributed by atoms with E-state index in [-0.39, 0.29) is 5.91 Å². The molecule has 6 heteroatoms. The lowest BCUT2D eigenvalue weighted by Gasteiger charge is -2.14. The number of nitrogens with one attached hydrogen (secondary N) is 1. The molecule has 5 nitrogen and oxygen atoms in total. The van der Waals surface area contributed by atoms with Gasteiger partial charge in [0.25, 0.3) is 0 Å². The molecule has 1 N–H and O–H groups in total. The number of hydrogen-bond acceptors (Lipinski definition) is 5. The highest BCUT2D eigenvalue weighted by molar-refractivity contribution is 7.09. The number of carbonyl (C=O) groups excluding carboxylic acids is 1. The summed E-state index contributed by atoms with van der Waals surface area (Å²) in [4.78, 5) is 20.8. The maximum atomic E-state index is 11.9. The topological polar surface area (TPSA) is 64.1 Å². The Morgan fingerprint density at radius 3 is 2.83 bits per heavy atom. The van der Waals surface area contributed by atoms with E-state index in [0.717, 1.165) is 29.2 Å². The molecule has 2 aromatic rings. The molecule has 1 atom stereocenters. The Morgan fingerprint density at radius 2 is 2.12 bits per heavy atom. The summed E-state index contributed by atoms with van der Waals surface area (Å²) in [5, 5.41) is 6.01. The first kappa shape index (κ1) is 18.5. The first-order chi connectivity index (χ1) is 11.6. The average molecular weight is 347 g/mol. The molecule has 1 amide bonds. The molecule has 2 heterocycles. The quantitative estimate of drug-likeness (QED) is 0.707. The predicted molar refractivity (Wildman–Crippen MR) is 96.9 cm³/mol. The van der Waals surface area contributed by atoms with Gasteiger partial charge in [-0.2, -0.15) is 0 Å². The number of carbonyl (C=O) groups is 1. The van der Waals surface area contributed by atoms with Gasteiger partial charge in [0.05, 0.1) is 16.4 Å². The molecule has 2 rings (SSSR count). The molecule has 0 aliphatic rings. The number of aryl methyl sites for hydroxylation is 1. The highest BCUT2D eigenvalue weighted by atomic mass is 32.1. The number of thiazole rings is 1. The lowest BCUT2D eigenvalue weighted by molar-refractivity contribution is -0.132. The van der Waals surface area contributed by atoms with Crippen molar-refractivity contribution in [2.75, 3.05) is 13.2 Å². The summed E-state index contributed by atoms with van der Waals surface area (Å²) >= 11 is 1.63. The third-order valence-electron chi connectivity index (χ3n) is 3.39. The van der Waals surface area contributed by atoms with Gasteiger partial charge in [-0.15, -0.1) is 11.3 Å². The zero-order valence-corrected chi connectivity index (χ0v) is 15.3. The molecule has 0 bridgehead atoms. The van der Waals surface area contributed by atoms with Crippen LogP contribution in [0.3, 0.4) is 0 Å².